The van der Waals surface area contributed by atoms with Crippen molar-refractivity contribution in [2.24, 2.45) is 16.8 Å². The molecule has 2 N–H and O–H groups in total. The van der Waals surface area contributed by atoms with E-state index in [0.29, 0.717) is 12.5 Å². The number of carbonyl (C=O) groups excluding carboxylic acids is 1. The van der Waals surface area contributed by atoms with Crippen molar-refractivity contribution < 1.29 is 14.3 Å². The number of carbonyl (C=O) groups is 1. The van der Waals surface area contributed by atoms with Crippen LogP contribution >= 0.6 is 0 Å². The largest absolute Gasteiger partial charge is 0.469 e. The van der Waals surface area contributed by atoms with Crippen LogP contribution in [0, 0.1) is 11.8 Å². The number of hydrogen-bond donors (Lipinski definition) is 2. The second-order valence-electron chi connectivity index (χ2n) is 4.97. The second-order valence-corrected chi connectivity index (χ2v) is 4.97. The molecule has 0 aliphatic carbocycles. The van der Waals surface area contributed by atoms with Gasteiger partial charge in [-0.15, -0.1) is 0 Å². The van der Waals surface area contributed by atoms with Gasteiger partial charge in [0.2, 0.25) is 0 Å². The summed E-state index contributed by atoms with van der Waals surface area (Å²) in [6.45, 7) is 3.82. The Bertz CT molecular complexity index is 327. The van der Waals surface area contributed by atoms with Gasteiger partial charge in [0.15, 0.2) is 5.96 Å². The fourth-order valence-corrected chi connectivity index (χ4v) is 2.57. The van der Waals surface area contributed by atoms with Crippen LogP contribution in [0.5, 0.6) is 0 Å². The maximum atomic E-state index is 11.9. The van der Waals surface area contributed by atoms with E-state index in [2.05, 4.69) is 15.6 Å². The monoisotopic (exact) mass is 269 g/mol. The molecule has 1 atom stereocenters. The summed E-state index contributed by atoms with van der Waals surface area (Å²) in [5, 5.41) is 6.43. The van der Waals surface area contributed by atoms with E-state index < -0.39 is 0 Å². The fraction of sp³-hybridized carbons (Fsp3) is 0.846. The minimum absolute atomic E-state index is 0.125. The first-order chi connectivity index (χ1) is 9.31. The third-order valence-electron chi connectivity index (χ3n) is 3.73. The van der Waals surface area contributed by atoms with Crippen molar-refractivity contribution in [1.29, 1.82) is 0 Å². The predicted molar refractivity (Wildman–Crippen MR) is 72.0 cm³/mol. The summed E-state index contributed by atoms with van der Waals surface area (Å²) >= 11 is 0. The molecular weight excluding hydrogens is 246 g/mol. The van der Waals surface area contributed by atoms with Gasteiger partial charge < -0.3 is 20.1 Å². The summed E-state index contributed by atoms with van der Waals surface area (Å²) < 4.78 is 10.3. The van der Waals surface area contributed by atoms with Crippen molar-refractivity contribution in [3.63, 3.8) is 0 Å². The zero-order chi connectivity index (χ0) is 13.5. The molecule has 0 amide bonds. The molecular formula is C13H23N3O3. The van der Waals surface area contributed by atoms with Crippen LogP contribution in [0.15, 0.2) is 4.99 Å². The number of rotatable bonds is 4. The Kier molecular flexibility index (Phi) is 5.44. The lowest BCUT2D eigenvalue weighted by Crippen LogP contribution is -2.45. The molecule has 0 aromatic carbocycles. The predicted octanol–water partition coefficient (Wildman–Crippen LogP) is 0.141. The van der Waals surface area contributed by atoms with E-state index in [4.69, 9.17) is 9.47 Å². The van der Waals surface area contributed by atoms with Crippen LogP contribution in [-0.2, 0) is 14.3 Å². The first-order valence-corrected chi connectivity index (χ1v) is 6.99. The van der Waals surface area contributed by atoms with Gasteiger partial charge in [-0.25, -0.2) is 0 Å². The molecule has 2 rings (SSSR count). The summed E-state index contributed by atoms with van der Waals surface area (Å²) in [4.78, 5) is 16.3. The molecule has 1 saturated heterocycles. The number of nitrogens with zero attached hydrogens (tertiary/aromatic N) is 1. The van der Waals surface area contributed by atoms with E-state index in [1.165, 1.54) is 7.11 Å². The molecule has 2 aliphatic heterocycles. The van der Waals surface area contributed by atoms with Crippen molar-refractivity contribution >= 4 is 11.9 Å². The Hall–Kier alpha value is -1.30. The van der Waals surface area contributed by atoms with Gasteiger partial charge in [0.05, 0.1) is 13.0 Å². The minimum atomic E-state index is -0.143. The lowest BCUT2D eigenvalue weighted by molar-refractivity contribution is -0.148. The van der Waals surface area contributed by atoms with E-state index in [9.17, 15) is 4.79 Å². The number of guanidine groups is 1. The zero-order valence-electron chi connectivity index (χ0n) is 11.5. The Morgan fingerprint density at radius 1 is 1.58 bits per heavy atom. The summed E-state index contributed by atoms with van der Waals surface area (Å²) in [5.41, 5.74) is 0. The Morgan fingerprint density at radius 2 is 2.37 bits per heavy atom. The van der Waals surface area contributed by atoms with E-state index >= 15 is 0 Å². The Balaban J connectivity index is 1.89. The molecule has 108 valence electrons. The van der Waals surface area contributed by atoms with Crippen LogP contribution in [-0.4, -0.2) is 51.9 Å². The lowest BCUT2D eigenvalue weighted by Gasteiger charge is -2.29. The molecule has 0 aromatic rings. The molecule has 0 bridgehead atoms. The maximum Gasteiger partial charge on any atom is 0.310 e. The smallest absolute Gasteiger partial charge is 0.310 e. The first kappa shape index (κ1) is 14.1. The van der Waals surface area contributed by atoms with Gasteiger partial charge in [0.1, 0.15) is 0 Å². The molecule has 0 saturated carbocycles. The van der Waals surface area contributed by atoms with Crippen LogP contribution in [0.25, 0.3) is 0 Å². The highest BCUT2D eigenvalue weighted by atomic mass is 16.5. The summed E-state index contributed by atoms with van der Waals surface area (Å²) in [7, 11) is 1.45. The number of esters is 1. The van der Waals surface area contributed by atoms with E-state index in [1.807, 2.05) is 0 Å². The lowest BCUT2D eigenvalue weighted by atomic mass is 9.86. The molecule has 1 fully saturated rings. The number of aliphatic imine (C=N–C) groups is 1. The van der Waals surface area contributed by atoms with Crippen LogP contribution in [0.2, 0.25) is 0 Å². The number of nitrogens with one attached hydrogen (secondary N) is 2. The molecule has 2 aliphatic rings. The highest BCUT2D eigenvalue weighted by Crippen LogP contribution is 2.24. The van der Waals surface area contributed by atoms with Crippen molar-refractivity contribution in [3.8, 4) is 0 Å². The number of methoxy groups -OCH3 is 1. The van der Waals surface area contributed by atoms with Crippen LogP contribution in [0.4, 0.5) is 0 Å². The summed E-state index contributed by atoms with van der Waals surface area (Å²) in [6, 6.07) is 0. The zero-order valence-corrected chi connectivity index (χ0v) is 11.5. The van der Waals surface area contributed by atoms with Gasteiger partial charge in [-0.3, -0.25) is 9.79 Å². The van der Waals surface area contributed by atoms with Gasteiger partial charge >= 0.3 is 5.97 Å². The van der Waals surface area contributed by atoms with Crippen LogP contribution < -0.4 is 10.6 Å². The standard InChI is InChI=1S/C13H23N3O3/c1-18-12(17)11(10-3-7-19-8-4-10)9-16-13-14-5-2-6-15-13/h10-11H,2-9H2,1H3,(H2,14,15,16). The maximum absolute atomic E-state index is 11.9. The SMILES string of the molecule is COC(=O)C(CNC1=NCCCN1)C1CCOCC1. The number of hydrogen-bond acceptors (Lipinski definition) is 6. The molecule has 6 nitrogen and oxygen atoms in total. The fourth-order valence-electron chi connectivity index (χ4n) is 2.57. The van der Waals surface area contributed by atoms with Gasteiger partial charge in [-0.05, 0) is 25.2 Å². The molecule has 0 spiro atoms. The first-order valence-electron chi connectivity index (χ1n) is 6.99. The molecule has 6 heteroatoms. The van der Waals surface area contributed by atoms with Gasteiger partial charge in [-0.1, -0.05) is 0 Å². The third-order valence-corrected chi connectivity index (χ3v) is 3.73. The third kappa shape index (κ3) is 4.09. The van der Waals surface area contributed by atoms with E-state index in [1.54, 1.807) is 0 Å². The number of ether oxygens (including phenoxy) is 2. The van der Waals surface area contributed by atoms with E-state index in [0.717, 1.165) is 51.5 Å². The van der Waals surface area contributed by atoms with Crippen LogP contribution in [0.3, 0.4) is 0 Å². The second kappa shape index (κ2) is 7.33. The Labute approximate surface area is 113 Å². The van der Waals surface area contributed by atoms with Gasteiger partial charge in [0.25, 0.3) is 0 Å². The van der Waals surface area contributed by atoms with Crippen molar-refractivity contribution in [1.82, 2.24) is 10.6 Å². The van der Waals surface area contributed by atoms with Gasteiger partial charge in [-0.2, -0.15) is 0 Å². The van der Waals surface area contributed by atoms with Crippen molar-refractivity contribution in [2.45, 2.75) is 19.3 Å². The average Bonchev–Trinajstić information content (AvgIpc) is 2.49. The molecule has 0 radical (unpaired) electrons. The normalized spacial score (nSPS) is 22.1. The minimum Gasteiger partial charge on any atom is -0.469 e. The van der Waals surface area contributed by atoms with Gasteiger partial charge in [0, 0.05) is 32.8 Å². The molecule has 0 aromatic heterocycles. The average molecular weight is 269 g/mol. The van der Waals surface area contributed by atoms with Crippen molar-refractivity contribution in [3.05, 3.63) is 0 Å². The summed E-state index contributed by atoms with van der Waals surface area (Å²) in [6.07, 6.45) is 2.90. The molecule has 19 heavy (non-hydrogen) atoms. The van der Waals surface area contributed by atoms with Crippen LogP contribution in [0.1, 0.15) is 19.3 Å². The van der Waals surface area contributed by atoms with E-state index in [-0.39, 0.29) is 11.9 Å². The molecule has 1 unspecified atom stereocenters. The topological polar surface area (TPSA) is 72.0 Å². The summed E-state index contributed by atoms with van der Waals surface area (Å²) in [5.74, 6) is 0.862. The molecule has 2 heterocycles. The Morgan fingerprint density at radius 3 is 3.00 bits per heavy atom. The van der Waals surface area contributed by atoms with Crippen molar-refractivity contribution in [2.75, 3.05) is 40.0 Å². The highest BCUT2D eigenvalue weighted by molar-refractivity contribution is 5.81. The quantitative estimate of drug-likeness (QED) is 0.710. The highest BCUT2D eigenvalue weighted by Gasteiger charge is 2.30.